The van der Waals surface area contributed by atoms with E-state index in [-0.39, 0.29) is 12.4 Å². The molecule has 1 nitrogen and oxygen atoms in total. The molecular weight excluding hydrogens is 250 g/mol. The van der Waals surface area contributed by atoms with Crippen LogP contribution < -0.4 is 0 Å². The van der Waals surface area contributed by atoms with Crippen LogP contribution in [0.25, 0.3) is 12.2 Å². The summed E-state index contributed by atoms with van der Waals surface area (Å²) in [5.74, 6) is 0. The molecule has 86 valence electrons. The molecule has 0 aliphatic carbocycles. The van der Waals surface area contributed by atoms with E-state index in [1.807, 2.05) is 24.3 Å². The van der Waals surface area contributed by atoms with Gasteiger partial charge in [0.15, 0.2) is 0 Å². The first-order valence-corrected chi connectivity index (χ1v) is 6.40. The summed E-state index contributed by atoms with van der Waals surface area (Å²) in [7, 11) is -0.570. The van der Waals surface area contributed by atoms with E-state index < -0.39 is 10.7 Å². The Morgan fingerprint density at radius 2 is 1.12 bits per heavy atom. The van der Waals surface area contributed by atoms with E-state index in [2.05, 4.69) is 36.4 Å². The summed E-state index contributed by atoms with van der Waals surface area (Å²) < 4.78 is 8.36. The molecule has 0 spiro atoms. The highest BCUT2D eigenvalue weighted by Crippen LogP contribution is 2.29. The number of hydrogen-bond acceptors (Lipinski definition) is 1. The van der Waals surface area contributed by atoms with E-state index in [4.69, 9.17) is 4.78 Å². The van der Waals surface area contributed by atoms with Crippen LogP contribution >= 0.6 is 12.4 Å². The molecule has 0 radical (unpaired) electrons. The molecule has 2 aromatic carbocycles. The van der Waals surface area contributed by atoms with Crippen LogP contribution in [0.3, 0.4) is 0 Å². The highest BCUT2D eigenvalue weighted by Gasteiger charge is 2.12. The first kappa shape index (κ1) is 12.1. The Morgan fingerprint density at radius 3 is 1.59 bits per heavy atom. The minimum atomic E-state index is -0.570. The average molecular weight is 262 g/mol. The number of fused-ring (bicyclic) bond motifs is 2. The third kappa shape index (κ3) is 2.06. The second-order valence-electron chi connectivity index (χ2n) is 3.72. The van der Waals surface area contributed by atoms with Gasteiger partial charge in [0.25, 0.3) is 0 Å². The van der Waals surface area contributed by atoms with Crippen LogP contribution in [0.15, 0.2) is 58.3 Å². The molecule has 0 fully saturated rings. The first-order valence-electron chi connectivity index (χ1n) is 5.18. The van der Waals surface area contributed by atoms with E-state index in [9.17, 15) is 0 Å². The molecule has 2 aromatic rings. The Kier molecular flexibility index (Phi) is 3.46. The molecule has 0 bridgehead atoms. The van der Waals surface area contributed by atoms with Crippen molar-refractivity contribution in [1.82, 2.24) is 0 Å². The number of halogens is 1. The highest BCUT2D eigenvalue weighted by molar-refractivity contribution is 7.86. The lowest BCUT2D eigenvalue weighted by Gasteiger charge is -2.08. The van der Waals surface area contributed by atoms with Gasteiger partial charge in [0.1, 0.15) is 0 Å². The maximum atomic E-state index is 8.36. The molecule has 3 heteroatoms. The van der Waals surface area contributed by atoms with Crippen molar-refractivity contribution < 1.29 is 0 Å². The maximum Gasteiger partial charge on any atom is 0.0301 e. The van der Waals surface area contributed by atoms with Crippen molar-refractivity contribution in [3.8, 4) is 0 Å². The lowest BCUT2D eigenvalue weighted by atomic mass is 10.1. The fourth-order valence-electron chi connectivity index (χ4n) is 1.91. The number of rotatable bonds is 0. The lowest BCUT2D eigenvalue weighted by molar-refractivity contribution is 1.34. The van der Waals surface area contributed by atoms with Gasteiger partial charge in [-0.1, -0.05) is 48.6 Å². The summed E-state index contributed by atoms with van der Waals surface area (Å²) in [6, 6.07) is 16.3. The standard InChI is InChI=1S/C14H11NS.ClH/c15-16-13-7-3-1-5-11(13)9-10-12-6-2-4-8-14(12)16;/h1-10,15H;1H. The van der Waals surface area contributed by atoms with Gasteiger partial charge >= 0.3 is 0 Å². The monoisotopic (exact) mass is 261 g/mol. The summed E-state index contributed by atoms with van der Waals surface area (Å²) in [6.45, 7) is 0. The average Bonchev–Trinajstić information content (AvgIpc) is 2.49. The smallest absolute Gasteiger partial charge is 0.0301 e. The summed E-state index contributed by atoms with van der Waals surface area (Å²) in [6.07, 6.45) is 4.21. The quantitative estimate of drug-likeness (QED) is 0.621. The Bertz CT molecular complexity index is 553. The minimum Gasteiger partial charge on any atom is -0.271 e. The Morgan fingerprint density at radius 1 is 0.706 bits per heavy atom. The normalized spacial score (nSPS) is 13.2. The Balaban J connectivity index is 0.00000108. The predicted molar refractivity (Wildman–Crippen MR) is 75.7 cm³/mol. The van der Waals surface area contributed by atoms with Gasteiger partial charge in [0, 0.05) is 9.79 Å². The van der Waals surface area contributed by atoms with Crippen LogP contribution in [0, 0.1) is 4.78 Å². The van der Waals surface area contributed by atoms with Gasteiger partial charge in [0.2, 0.25) is 0 Å². The SMILES string of the molecule is Cl.N=S1c2ccccc2C=Cc2ccccc21. The van der Waals surface area contributed by atoms with Crippen LogP contribution in [0.2, 0.25) is 0 Å². The third-order valence-corrected chi connectivity index (χ3v) is 4.34. The molecule has 0 amide bonds. The fourth-order valence-corrected chi connectivity index (χ4v) is 3.32. The minimum absolute atomic E-state index is 0. The fraction of sp³-hybridized carbons (Fsp3) is 0. The van der Waals surface area contributed by atoms with Crippen LogP contribution in [0.1, 0.15) is 11.1 Å². The van der Waals surface area contributed by atoms with Crippen molar-refractivity contribution >= 4 is 35.3 Å². The van der Waals surface area contributed by atoms with Crippen LogP contribution in [-0.4, -0.2) is 0 Å². The topological polar surface area (TPSA) is 23.9 Å². The molecule has 1 aliphatic heterocycles. The summed E-state index contributed by atoms with van der Waals surface area (Å²) >= 11 is 0. The predicted octanol–water partition coefficient (Wildman–Crippen LogP) is 4.39. The Hall–Kier alpha value is -1.38. The number of benzene rings is 2. The van der Waals surface area contributed by atoms with Gasteiger partial charge in [-0.2, -0.15) is 0 Å². The van der Waals surface area contributed by atoms with Gasteiger partial charge in [-0.25, -0.2) is 0 Å². The highest BCUT2D eigenvalue weighted by atomic mass is 35.5. The van der Waals surface area contributed by atoms with Gasteiger partial charge in [-0.3, -0.25) is 4.78 Å². The third-order valence-electron chi connectivity index (χ3n) is 2.72. The van der Waals surface area contributed by atoms with E-state index in [0.29, 0.717) is 0 Å². The van der Waals surface area contributed by atoms with E-state index in [1.54, 1.807) is 0 Å². The lowest BCUT2D eigenvalue weighted by Crippen LogP contribution is -1.93. The molecular formula is C14H12ClNS. The molecule has 3 rings (SSSR count). The van der Waals surface area contributed by atoms with Crippen molar-refractivity contribution in [2.45, 2.75) is 9.79 Å². The first-order chi connectivity index (χ1) is 7.86. The van der Waals surface area contributed by atoms with Crippen molar-refractivity contribution in [2.24, 2.45) is 0 Å². The van der Waals surface area contributed by atoms with Gasteiger partial charge in [0.05, 0.1) is 0 Å². The van der Waals surface area contributed by atoms with E-state index in [1.165, 1.54) is 0 Å². The number of nitrogens with one attached hydrogen (secondary N) is 1. The van der Waals surface area contributed by atoms with Gasteiger partial charge in [-0.05, 0) is 34.0 Å². The zero-order valence-corrected chi connectivity index (χ0v) is 10.7. The van der Waals surface area contributed by atoms with Crippen LogP contribution in [0.5, 0.6) is 0 Å². The molecule has 0 atom stereocenters. The molecule has 0 saturated heterocycles. The Labute approximate surface area is 109 Å². The van der Waals surface area contributed by atoms with E-state index >= 15 is 0 Å². The van der Waals surface area contributed by atoms with Crippen LogP contribution in [0.4, 0.5) is 0 Å². The van der Waals surface area contributed by atoms with Crippen molar-refractivity contribution in [1.29, 1.82) is 4.78 Å². The molecule has 17 heavy (non-hydrogen) atoms. The molecule has 0 saturated carbocycles. The largest absolute Gasteiger partial charge is 0.271 e. The molecule has 1 heterocycles. The zero-order chi connectivity index (χ0) is 11.0. The van der Waals surface area contributed by atoms with E-state index in [0.717, 1.165) is 20.9 Å². The molecule has 0 unspecified atom stereocenters. The zero-order valence-electron chi connectivity index (χ0n) is 9.09. The summed E-state index contributed by atoms with van der Waals surface area (Å²) in [5, 5.41) is 0. The van der Waals surface area contributed by atoms with Crippen molar-refractivity contribution in [2.75, 3.05) is 0 Å². The molecule has 1 aliphatic rings. The van der Waals surface area contributed by atoms with Crippen molar-refractivity contribution in [3.05, 3.63) is 59.7 Å². The summed E-state index contributed by atoms with van der Waals surface area (Å²) in [4.78, 5) is 2.23. The second kappa shape index (κ2) is 4.86. The molecule has 1 N–H and O–H groups in total. The number of hydrogen-bond donors (Lipinski definition) is 1. The van der Waals surface area contributed by atoms with Gasteiger partial charge < -0.3 is 0 Å². The second-order valence-corrected chi connectivity index (χ2v) is 5.21. The molecule has 0 aromatic heterocycles. The van der Waals surface area contributed by atoms with Crippen LogP contribution in [-0.2, 0) is 10.7 Å². The van der Waals surface area contributed by atoms with Gasteiger partial charge in [-0.15, -0.1) is 12.4 Å². The van der Waals surface area contributed by atoms with Crippen molar-refractivity contribution in [3.63, 3.8) is 0 Å². The maximum absolute atomic E-state index is 8.36. The summed E-state index contributed by atoms with van der Waals surface area (Å²) in [5.41, 5.74) is 2.33.